The molecule has 18 heteroatoms. The van der Waals surface area contributed by atoms with Gasteiger partial charge in [-0.05, 0) is 96.3 Å². The maximum atomic E-state index is 11.7. The standard InChI is InChI=1S/C41H37N5O9S4/c47-42-31-17-19-37-35(27-31)43(23-7-25-58(50,51)52)39(56-37)21-15-29-13-14-30(41(29)45(32-9-3-1-4-10-32)33-11-5-2-6-12-33)16-22-40-44(24-8-26-59(53,54)55)36-28-34(46(48)49)18-20-38(36)57-40/h1-6,9-12,15-22,27-28H,7-8,13-14,23-26H2,(H-,50,51,52,53,54,55)/p+1. The molecule has 0 radical (unpaired) electrons. The van der Waals surface area contributed by atoms with E-state index in [2.05, 4.69) is 10.1 Å². The number of nitro benzene ring substituents is 1. The van der Waals surface area contributed by atoms with Crippen LogP contribution in [-0.4, -0.2) is 48.9 Å². The summed E-state index contributed by atoms with van der Waals surface area (Å²) < 4.78 is 67.9. The number of nitrogens with zero attached hydrogens (tertiary/aromatic N) is 5. The van der Waals surface area contributed by atoms with E-state index in [0.717, 1.165) is 47.9 Å². The molecule has 2 heterocycles. The summed E-state index contributed by atoms with van der Waals surface area (Å²) in [5.41, 5.74) is 6.18. The second-order valence-corrected chi connectivity index (χ2v) is 19.0. The molecule has 2 aliphatic rings. The minimum absolute atomic E-state index is 0.0891. The molecule has 14 nitrogen and oxygen atoms in total. The summed E-state index contributed by atoms with van der Waals surface area (Å²) in [5.74, 6) is -0.889. The molecular formula is C41H38N5O9S4+. The molecule has 0 amide bonds. The number of thioether (sulfide) groups is 1. The molecule has 2 N–H and O–H groups in total. The minimum atomic E-state index is -4.23. The van der Waals surface area contributed by atoms with Crippen molar-refractivity contribution in [2.45, 2.75) is 37.1 Å². The topological polar surface area (TPSA) is 192 Å². The van der Waals surface area contributed by atoms with E-state index in [1.807, 2.05) is 94.4 Å². The quantitative estimate of drug-likeness (QED) is 0.0314. The van der Waals surface area contributed by atoms with E-state index in [4.69, 9.17) is 0 Å². The Labute approximate surface area is 349 Å². The highest BCUT2D eigenvalue weighted by Gasteiger charge is 2.29. The van der Waals surface area contributed by atoms with Crippen molar-refractivity contribution in [3.8, 4) is 0 Å². The number of nitro groups is 1. The summed E-state index contributed by atoms with van der Waals surface area (Å²) in [4.78, 5) is 27.7. The highest BCUT2D eigenvalue weighted by atomic mass is 32.2. The van der Waals surface area contributed by atoms with Gasteiger partial charge in [0.15, 0.2) is 6.54 Å². The number of fused-ring (bicyclic) bond motifs is 2. The fourth-order valence-electron chi connectivity index (χ4n) is 7.10. The molecule has 0 bridgehead atoms. The van der Waals surface area contributed by atoms with E-state index < -0.39 is 36.7 Å². The summed E-state index contributed by atoms with van der Waals surface area (Å²) in [6, 6.07) is 29.5. The predicted octanol–water partition coefficient (Wildman–Crippen LogP) is 9.33. The molecule has 0 saturated heterocycles. The van der Waals surface area contributed by atoms with Gasteiger partial charge in [-0.25, -0.2) is 0 Å². The number of hydrogen-bond donors (Lipinski definition) is 2. The Kier molecular flexibility index (Phi) is 12.6. The summed E-state index contributed by atoms with van der Waals surface area (Å²) >= 11 is 2.89. The van der Waals surface area contributed by atoms with E-state index in [1.54, 1.807) is 24.3 Å². The number of nitroso groups, excluding NO2 is 1. The first-order chi connectivity index (χ1) is 28.3. The Balaban J connectivity index is 1.35. The van der Waals surface area contributed by atoms with E-state index in [-0.39, 0.29) is 37.3 Å². The molecule has 0 atom stereocenters. The molecule has 4 aromatic carbocycles. The summed E-state index contributed by atoms with van der Waals surface area (Å²) in [5, 5.41) is 16.3. The molecule has 0 spiro atoms. The van der Waals surface area contributed by atoms with Crippen LogP contribution in [0.5, 0.6) is 0 Å². The molecule has 304 valence electrons. The zero-order valence-corrected chi connectivity index (χ0v) is 34.6. The van der Waals surface area contributed by atoms with Crippen LogP contribution in [0.15, 0.2) is 147 Å². The number of allylic oxidation sites excluding steroid dienone is 5. The molecular weight excluding hydrogens is 835 g/mol. The second-order valence-electron chi connectivity index (χ2n) is 13.7. The van der Waals surface area contributed by atoms with Crippen LogP contribution < -0.4 is 14.4 Å². The van der Waals surface area contributed by atoms with Crippen molar-refractivity contribution in [2.75, 3.05) is 27.9 Å². The van der Waals surface area contributed by atoms with Crippen molar-refractivity contribution < 1.29 is 35.4 Å². The zero-order chi connectivity index (χ0) is 41.7. The monoisotopic (exact) mass is 872 g/mol. The lowest BCUT2D eigenvalue weighted by Crippen LogP contribution is -2.36. The van der Waals surface area contributed by atoms with Gasteiger partial charge in [-0.3, -0.25) is 19.2 Å². The molecule has 5 aromatic rings. The number of non-ortho nitro benzene ring substituents is 1. The highest BCUT2D eigenvalue weighted by molar-refractivity contribution is 8.03. The van der Waals surface area contributed by atoms with Crippen LogP contribution >= 0.6 is 23.1 Å². The van der Waals surface area contributed by atoms with Crippen molar-refractivity contribution in [3.63, 3.8) is 0 Å². The van der Waals surface area contributed by atoms with Gasteiger partial charge in [0.05, 0.1) is 38.9 Å². The number of rotatable bonds is 16. The van der Waals surface area contributed by atoms with Crippen LogP contribution in [-0.2, 0) is 26.8 Å². The minimum Gasteiger partial charge on any atom is -0.335 e. The van der Waals surface area contributed by atoms with Gasteiger partial charge in [0.25, 0.3) is 30.9 Å². The maximum Gasteiger partial charge on any atom is 0.276 e. The van der Waals surface area contributed by atoms with Crippen molar-refractivity contribution in [3.05, 3.63) is 157 Å². The lowest BCUT2D eigenvalue weighted by molar-refractivity contribution is -0.668. The van der Waals surface area contributed by atoms with Gasteiger partial charge in [-0.15, -0.1) is 4.91 Å². The fraction of sp³-hybridized carbons (Fsp3) is 0.195. The molecule has 59 heavy (non-hydrogen) atoms. The Morgan fingerprint density at radius 2 is 1.53 bits per heavy atom. The van der Waals surface area contributed by atoms with Crippen molar-refractivity contribution in [2.24, 2.45) is 5.18 Å². The Hall–Kier alpha value is -5.50. The number of aryl methyl sites for hydroxylation is 1. The third-order valence-corrected chi connectivity index (χ3v) is 13.6. The van der Waals surface area contributed by atoms with Gasteiger partial charge >= 0.3 is 0 Å². The summed E-state index contributed by atoms with van der Waals surface area (Å²) in [7, 11) is -8.42. The van der Waals surface area contributed by atoms with Gasteiger partial charge in [0.2, 0.25) is 5.52 Å². The van der Waals surface area contributed by atoms with Crippen LogP contribution in [0.2, 0.25) is 0 Å². The lowest BCUT2D eigenvalue weighted by Gasteiger charge is -2.28. The Bertz CT molecular complexity index is 2730. The van der Waals surface area contributed by atoms with Gasteiger partial charge in [0, 0.05) is 41.4 Å². The summed E-state index contributed by atoms with van der Waals surface area (Å²) in [6.07, 6.45) is 9.52. The smallest absolute Gasteiger partial charge is 0.276 e. The normalized spacial score (nSPS) is 15.9. The Morgan fingerprint density at radius 3 is 2.17 bits per heavy atom. The van der Waals surface area contributed by atoms with Gasteiger partial charge in [-0.2, -0.15) is 21.4 Å². The average Bonchev–Trinajstić information content (AvgIpc) is 3.88. The molecule has 0 saturated carbocycles. The highest BCUT2D eigenvalue weighted by Crippen LogP contribution is 2.48. The summed E-state index contributed by atoms with van der Waals surface area (Å²) in [6.45, 7) is 0.452. The zero-order valence-electron chi connectivity index (χ0n) is 31.3. The van der Waals surface area contributed by atoms with Crippen LogP contribution in [0.25, 0.3) is 16.3 Å². The third kappa shape index (κ3) is 10.0. The van der Waals surface area contributed by atoms with E-state index in [9.17, 15) is 41.0 Å². The van der Waals surface area contributed by atoms with E-state index in [1.165, 1.54) is 35.2 Å². The molecule has 1 aliphatic heterocycles. The number of hydrogen-bond acceptors (Lipinski definition) is 12. The van der Waals surface area contributed by atoms with Crippen molar-refractivity contribution >= 4 is 88.1 Å². The van der Waals surface area contributed by atoms with Crippen molar-refractivity contribution in [1.29, 1.82) is 0 Å². The first kappa shape index (κ1) is 41.7. The Morgan fingerprint density at radius 1 is 0.847 bits per heavy atom. The van der Waals surface area contributed by atoms with Crippen LogP contribution in [0.1, 0.15) is 30.7 Å². The van der Waals surface area contributed by atoms with Crippen molar-refractivity contribution in [1.82, 2.24) is 0 Å². The maximum absolute atomic E-state index is 11.7. The SMILES string of the molecule is O=Nc1ccc2c(c1)N(CCCS(=O)(=O)O)/C(=C/C=C1\CCC(/C=C/c3sc4ccc([N+](=O)[O-])cc4[n+]3CCCS(=O)(=O)O)=C1N(c1ccccc1)c1ccccc1)S2. The molecule has 0 unspecified atom stereocenters. The van der Waals surface area contributed by atoms with E-state index in [0.29, 0.717) is 24.0 Å². The molecule has 7 rings (SSSR count). The first-order valence-electron chi connectivity index (χ1n) is 18.4. The first-order valence-corrected chi connectivity index (χ1v) is 23.3. The molecule has 1 aliphatic carbocycles. The van der Waals surface area contributed by atoms with Crippen LogP contribution in [0.3, 0.4) is 0 Å². The number of anilines is 3. The van der Waals surface area contributed by atoms with Gasteiger partial charge in [-0.1, -0.05) is 65.6 Å². The number of thiazole rings is 1. The third-order valence-electron chi connectivity index (χ3n) is 9.69. The van der Waals surface area contributed by atoms with Crippen LogP contribution in [0.4, 0.5) is 28.4 Å². The number of para-hydroxylation sites is 2. The lowest BCUT2D eigenvalue weighted by atomic mass is 10.1. The predicted molar refractivity (Wildman–Crippen MR) is 232 cm³/mol. The van der Waals surface area contributed by atoms with E-state index >= 15 is 0 Å². The number of aromatic nitrogens is 1. The second kappa shape index (κ2) is 17.8. The largest absolute Gasteiger partial charge is 0.335 e. The number of benzene rings is 4. The molecule has 0 fully saturated rings. The molecule has 1 aromatic heterocycles. The van der Waals surface area contributed by atoms with Crippen LogP contribution in [0, 0.1) is 15.0 Å². The van der Waals surface area contributed by atoms with Gasteiger partial charge in [0.1, 0.15) is 10.4 Å². The average molecular weight is 873 g/mol. The fourth-order valence-corrected chi connectivity index (χ4v) is 10.2. The van der Waals surface area contributed by atoms with Gasteiger partial charge < -0.3 is 9.80 Å².